The fourth-order valence-electron chi connectivity index (χ4n) is 4.74. The van der Waals surface area contributed by atoms with Gasteiger partial charge in [0.05, 0.1) is 5.69 Å². The predicted octanol–water partition coefficient (Wildman–Crippen LogP) is 3.39. The number of fused-ring (bicyclic) bond motifs is 1. The molecule has 0 unspecified atom stereocenters. The van der Waals surface area contributed by atoms with Gasteiger partial charge in [-0.15, -0.1) is 0 Å². The Hall–Kier alpha value is -3.35. The SMILES string of the molecule is CN(C(=O)c1c2c(nn1C)CCCC2)[C@H](CCNC(=O)c1cccn1C)Cc1ccccc1.[HH]. The fraction of sp³-hybridized carbons (Fsp3) is 0.423. The third-order valence-electron chi connectivity index (χ3n) is 6.64. The number of carbonyl (C=O) groups is 2. The molecule has 176 valence electrons. The third-order valence-corrected chi connectivity index (χ3v) is 6.64. The second kappa shape index (κ2) is 10.1. The van der Waals surface area contributed by atoms with E-state index in [9.17, 15) is 9.59 Å². The van der Waals surface area contributed by atoms with Crippen LogP contribution in [-0.2, 0) is 33.4 Å². The van der Waals surface area contributed by atoms with Crippen molar-refractivity contribution >= 4 is 11.8 Å². The van der Waals surface area contributed by atoms with Gasteiger partial charge in [0.1, 0.15) is 11.4 Å². The van der Waals surface area contributed by atoms with E-state index in [1.54, 1.807) is 15.3 Å². The highest BCUT2D eigenvalue weighted by molar-refractivity contribution is 5.94. The molecule has 0 aliphatic heterocycles. The number of nitrogens with one attached hydrogen (secondary N) is 1. The number of amides is 2. The van der Waals surface area contributed by atoms with Crippen molar-refractivity contribution in [2.24, 2.45) is 14.1 Å². The molecule has 7 heteroatoms. The Morgan fingerprint density at radius 3 is 2.61 bits per heavy atom. The van der Waals surface area contributed by atoms with E-state index >= 15 is 0 Å². The van der Waals surface area contributed by atoms with Crippen LogP contribution in [0.1, 0.15) is 58.5 Å². The first kappa shape index (κ1) is 22.8. The largest absolute Gasteiger partial charge is 0.351 e. The van der Waals surface area contributed by atoms with Gasteiger partial charge in [0, 0.05) is 46.9 Å². The van der Waals surface area contributed by atoms with Crippen molar-refractivity contribution in [3.8, 4) is 0 Å². The second-order valence-electron chi connectivity index (χ2n) is 8.91. The molecule has 0 spiro atoms. The van der Waals surface area contributed by atoms with E-state index in [2.05, 4.69) is 22.5 Å². The van der Waals surface area contributed by atoms with Crippen LogP contribution in [-0.4, -0.2) is 50.7 Å². The van der Waals surface area contributed by atoms with Gasteiger partial charge in [0.15, 0.2) is 0 Å². The molecular formula is C26H35N5O2. The number of benzene rings is 1. The molecule has 0 radical (unpaired) electrons. The van der Waals surface area contributed by atoms with E-state index in [1.165, 1.54) is 5.56 Å². The molecule has 3 aromatic rings. The molecule has 2 heterocycles. The van der Waals surface area contributed by atoms with Gasteiger partial charge in [0.2, 0.25) is 0 Å². The third kappa shape index (κ3) is 5.02. The average molecular weight is 450 g/mol. The lowest BCUT2D eigenvalue weighted by Gasteiger charge is -2.29. The van der Waals surface area contributed by atoms with Crippen LogP contribution in [0.2, 0.25) is 0 Å². The number of nitrogens with zero attached hydrogens (tertiary/aromatic N) is 4. The van der Waals surface area contributed by atoms with Crippen molar-refractivity contribution in [3.63, 3.8) is 0 Å². The maximum absolute atomic E-state index is 13.6. The van der Waals surface area contributed by atoms with Crippen LogP contribution in [0.15, 0.2) is 48.7 Å². The van der Waals surface area contributed by atoms with Gasteiger partial charge in [-0.3, -0.25) is 14.3 Å². The summed E-state index contributed by atoms with van der Waals surface area (Å²) >= 11 is 0. The Morgan fingerprint density at radius 1 is 1.12 bits per heavy atom. The molecule has 1 aromatic carbocycles. The monoisotopic (exact) mass is 449 g/mol. The Balaban J connectivity index is 0.00000324. The van der Waals surface area contributed by atoms with Gasteiger partial charge in [-0.1, -0.05) is 30.3 Å². The van der Waals surface area contributed by atoms with E-state index in [4.69, 9.17) is 0 Å². The molecule has 1 atom stereocenters. The molecule has 4 rings (SSSR count). The first-order valence-electron chi connectivity index (χ1n) is 11.7. The lowest BCUT2D eigenvalue weighted by molar-refractivity contribution is 0.0710. The summed E-state index contributed by atoms with van der Waals surface area (Å²) in [6.07, 6.45) is 7.32. The normalized spacial score (nSPS) is 13.9. The molecule has 0 saturated carbocycles. The summed E-state index contributed by atoms with van der Waals surface area (Å²) in [6.45, 7) is 0.489. The molecular weight excluding hydrogens is 414 g/mol. The van der Waals surface area contributed by atoms with Crippen molar-refractivity contribution in [1.29, 1.82) is 0 Å². The zero-order valence-electron chi connectivity index (χ0n) is 19.8. The van der Waals surface area contributed by atoms with E-state index < -0.39 is 0 Å². The number of hydrogen-bond donors (Lipinski definition) is 1. The minimum absolute atomic E-state index is 0. The van der Waals surface area contributed by atoms with E-state index in [0.717, 1.165) is 43.4 Å². The first-order chi connectivity index (χ1) is 16.0. The second-order valence-corrected chi connectivity index (χ2v) is 8.91. The van der Waals surface area contributed by atoms with Gasteiger partial charge in [-0.05, 0) is 56.2 Å². The van der Waals surface area contributed by atoms with Gasteiger partial charge >= 0.3 is 0 Å². The Kier molecular flexibility index (Phi) is 6.96. The molecule has 2 amide bonds. The van der Waals surface area contributed by atoms with Gasteiger partial charge in [-0.2, -0.15) is 5.10 Å². The van der Waals surface area contributed by atoms with Gasteiger partial charge < -0.3 is 14.8 Å². The van der Waals surface area contributed by atoms with E-state index in [1.807, 2.05) is 56.5 Å². The Labute approximate surface area is 196 Å². The zero-order chi connectivity index (χ0) is 23.4. The summed E-state index contributed by atoms with van der Waals surface area (Å²) in [7, 11) is 5.59. The van der Waals surface area contributed by atoms with Crippen molar-refractivity contribution in [2.45, 2.75) is 44.6 Å². The highest BCUT2D eigenvalue weighted by Crippen LogP contribution is 2.25. The topological polar surface area (TPSA) is 72.2 Å². The Morgan fingerprint density at radius 2 is 1.88 bits per heavy atom. The summed E-state index contributed by atoms with van der Waals surface area (Å²) in [4.78, 5) is 28.0. The lowest BCUT2D eigenvalue weighted by Crippen LogP contribution is -2.42. The smallest absolute Gasteiger partial charge is 0.272 e. The first-order valence-corrected chi connectivity index (χ1v) is 11.7. The Bertz CT molecular complexity index is 1120. The van der Waals surface area contributed by atoms with Crippen LogP contribution < -0.4 is 5.32 Å². The standard InChI is InChI=1S/C26H33N5O2.H2/c1-29-17-9-14-23(29)25(32)27-16-15-20(18-19-10-5-4-6-11-19)30(2)26(33)24-21-12-7-8-13-22(21)28-31(24)3;/h4-6,9-11,14,17,20H,7-8,12-13,15-16,18H2,1-3H3,(H,27,32);1H/t20-;/m1./s1. The molecule has 1 aliphatic rings. The van der Waals surface area contributed by atoms with Crippen molar-refractivity contribution in [2.75, 3.05) is 13.6 Å². The summed E-state index contributed by atoms with van der Waals surface area (Å²) < 4.78 is 3.56. The highest BCUT2D eigenvalue weighted by Gasteiger charge is 2.29. The summed E-state index contributed by atoms with van der Waals surface area (Å²) in [5.41, 5.74) is 4.67. The van der Waals surface area contributed by atoms with Crippen LogP contribution in [0.25, 0.3) is 0 Å². The molecule has 1 aliphatic carbocycles. The summed E-state index contributed by atoms with van der Waals surface area (Å²) in [5, 5.41) is 7.65. The number of rotatable bonds is 8. The van der Waals surface area contributed by atoms with Gasteiger partial charge in [-0.25, -0.2) is 0 Å². The minimum atomic E-state index is -0.101. The number of aryl methyl sites for hydroxylation is 3. The maximum Gasteiger partial charge on any atom is 0.272 e. The maximum atomic E-state index is 13.6. The van der Waals surface area contributed by atoms with Crippen LogP contribution >= 0.6 is 0 Å². The quantitative estimate of drug-likeness (QED) is 0.573. The average Bonchev–Trinajstić information content (AvgIpc) is 3.40. The molecule has 33 heavy (non-hydrogen) atoms. The van der Waals surface area contributed by atoms with Crippen LogP contribution in [0.4, 0.5) is 0 Å². The number of carbonyl (C=O) groups excluding carboxylic acids is 2. The van der Waals surface area contributed by atoms with E-state index in [-0.39, 0.29) is 19.3 Å². The number of hydrogen-bond acceptors (Lipinski definition) is 3. The van der Waals surface area contributed by atoms with Gasteiger partial charge in [0.25, 0.3) is 11.8 Å². The molecule has 0 saturated heterocycles. The minimum Gasteiger partial charge on any atom is -0.351 e. The lowest BCUT2D eigenvalue weighted by atomic mass is 9.95. The molecule has 0 bridgehead atoms. The van der Waals surface area contributed by atoms with Crippen molar-refractivity contribution < 1.29 is 11.0 Å². The summed E-state index contributed by atoms with van der Waals surface area (Å²) in [6, 6.07) is 13.8. The number of likely N-dealkylation sites (N-methyl/N-ethyl adjacent to an activating group) is 1. The number of aromatic nitrogens is 3. The fourth-order valence-corrected chi connectivity index (χ4v) is 4.74. The molecule has 7 nitrogen and oxygen atoms in total. The predicted molar refractivity (Wildman–Crippen MR) is 130 cm³/mol. The van der Waals surface area contributed by atoms with Crippen molar-refractivity contribution in [3.05, 3.63) is 76.9 Å². The van der Waals surface area contributed by atoms with Crippen LogP contribution in [0, 0.1) is 0 Å². The summed E-state index contributed by atoms with van der Waals surface area (Å²) in [5.74, 6) is -0.0986. The molecule has 1 N–H and O–H groups in total. The highest BCUT2D eigenvalue weighted by atomic mass is 16.2. The molecule has 0 fully saturated rings. The zero-order valence-corrected chi connectivity index (χ0v) is 19.8. The van der Waals surface area contributed by atoms with E-state index in [0.29, 0.717) is 24.4 Å². The van der Waals surface area contributed by atoms with Crippen molar-refractivity contribution in [1.82, 2.24) is 24.6 Å². The molecule has 2 aromatic heterocycles. The van der Waals surface area contributed by atoms with Crippen LogP contribution in [0.3, 0.4) is 0 Å². The van der Waals surface area contributed by atoms with Crippen LogP contribution in [0.5, 0.6) is 0 Å².